The number of fused-ring (bicyclic) bond motifs is 1. The minimum Gasteiger partial charge on any atom is -0.478 e. The van der Waals surface area contributed by atoms with Gasteiger partial charge in [-0.1, -0.05) is 6.07 Å². The first kappa shape index (κ1) is 11.1. The quantitative estimate of drug-likeness (QED) is 0.715. The smallest absolute Gasteiger partial charge is 0.339 e. The fourth-order valence-electron chi connectivity index (χ4n) is 1.69. The Morgan fingerprint density at radius 1 is 1.26 bits per heavy atom. The molecule has 1 aromatic carbocycles. The van der Waals surface area contributed by atoms with E-state index < -0.39 is 5.97 Å². The minimum atomic E-state index is -1.09. The van der Waals surface area contributed by atoms with Crippen LogP contribution in [-0.4, -0.2) is 26.3 Å². The Balaban J connectivity index is 2.21. The molecule has 0 saturated heterocycles. The van der Waals surface area contributed by atoms with Gasteiger partial charge in [-0.2, -0.15) is 5.10 Å². The maximum Gasteiger partial charge on any atom is 0.339 e. The van der Waals surface area contributed by atoms with Crippen LogP contribution in [0.2, 0.25) is 0 Å². The van der Waals surface area contributed by atoms with Crippen LogP contribution in [-0.2, 0) is 0 Å². The molecule has 0 radical (unpaired) electrons. The van der Waals surface area contributed by atoms with E-state index in [9.17, 15) is 9.59 Å². The van der Waals surface area contributed by atoms with Crippen LogP contribution in [0.4, 0.5) is 0 Å². The molecule has 0 fully saturated rings. The summed E-state index contributed by atoms with van der Waals surface area (Å²) in [6, 6.07) is 7.39. The molecule has 2 heterocycles. The van der Waals surface area contributed by atoms with Crippen LogP contribution in [0.25, 0.3) is 22.7 Å². The van der Waals surface area contributed by atoms with Gasteiger partial charge in [0.05, 0.1) is 0 Å². The molecule has 7 heteroatoms. The van der Waals surface area contributed by atoms with E-state index in [1.165, 1.54) is 18.2 Å². The summed E-state index contributed by atoms with van der Waals surface area (Å²) in [6.45, 7) is 0. The number of carbonyl (C=O) groups is 1. The molecule has 0 bridgehead atoms. The highest BCUT2D eigenvalue weighted by Gasteiger charge is 2.16. The summed E-state index contributed by atoms with van der Waals surface area (Å²) >= 11 is 0. The van der Waals surface area contributed by atoms with Crippen molar-refractivity contribution in [2.75, 3.05) is 0 Å². The Morgan fingerprint density at radius 3 is 2.79 bits per heavy atom. The van der Waals surface area contributed by atoms with E-state index in [2.05, 4.69) is 15.2 Å². The molecule has 0 aliphatic carbocycles. The van der Waals surface area contributed by atoms with Crippen LogP contribution >= 0.6 is 0 Å². The Morgan fingerprint density at radius 2 is 2.11 bits per heavy atom. The van der Waals surface area contributed by atoms with Crippen molar-refractivity contribution in [3.8, 4) is 11.6 Å². The van der Waals surface area contributed by atoms with Gasteiger partial charge in [0.15, 0.2) is 5.58 Å². The number of hydrogen-bond acceptors (Lipinski definition) is 5. The number of para-hydroxylation sites is 1. The third-order valence-electron chi connectivity index (χ3n) is 2.54. The second-order valence-corrected chi connectivity index (χ2v) is 3.78. The molecule has 0 unspecified atom stereocenters. The maximum atomic E-state index is 11.1. The lowest BCUT2D eigenvalue weighted by atomic mass is 10.2. The van der Waals surface area contributed by atoms with Crippen LogP contribution in [0.3, 0.4) is 0 Å². The largest absolute Gasteiger partial charge is 0.478 e. The first-order valence-corrected chi connectivity index (χ1v) is 5.34. The fraction of sp³-hybridized carbons (Fsp3) is 0. The van der Waals surface area contributed by atoms with E-state index in [0.29, 0.717) is 11.2 Å². The maximum absolute atomic E-state index is 11.1. The van der Waals surface area contributed by atoms with Crippen molar-refractivity contribution in [3.05, 3.63) is 46.2 Å². The standard InChI is InChI=1S/C12H7N3O4/c16-9-5-4-8(14-15-9)11-13-7-3-1-2-6(12(17)18)10(7)19-11/h1-5H,(H,15,16)(H,17,18). The Hall–Kier alpha value is -2.96. The van der Waals surface area contributed by atoms with Gasteiger partial charge < -0.3 is 9.52 Å². The molecule has 0 aliphatic rings. The van der Waals surface area contributed by atoms with Gasteiger partial charge in [-0.25, -0.2) is 14.9 Å². The van der Waals surface area contributed by atoms with Crippen molar-refractivity contribution < 1.29 is 14.3 Å². The number of aromatic carboxylic acids is 1. The van der Waals surface area contributed by atoms with Gasteiger partial charge >= 0.3 is 5.97 Å². The third kappa shape index (κ3) is 1.86. The zero-order valence-corrected chi connectivity index (χ0v) is 9.45. The third-order valence-corrected chi connectivity index (χ3v) is 2.54. The molecule has 19 heavy (non-hydrogen) atoms. The van der Waals surface area contributed by atoms with Crippen LogP contribution in [0.15, 0.2) is 39.5 Å². The number of nitrogens with one attached hydrogen (secondary N) is 1. The molecule has 0 saturated carbocycles. The zero-order chi connectivity index (χ0) is 13.4. The highest BCUT2D eigenvalue weighted by Crippen LogP contribution is 2.24. The molecule has 3 rings (SSSR count). The van der Waals surface area contributed by atoms with Crippen molar-refractivity contribution in [2.45, 2.75) is 0 Å². The molecular weight excluding hydrogens is 250 g/mol. The van der Waals surface area contributed by atoms with Gasteiger partial charge in [0.1, 0.15) is 16.8 Å². The molecule has 0 spiro atoms. The summed E-state index contributed by atoms with van der Waals surface area (Å²) in [4.78, 5) is 26.1. The number of H-pyrrole nitrogens is 1. The second kappa shape index (κ2) is 4.05. The number of aromatic amines is 1. The normalized spacial score (nSPS) is 10.7. The molecule has 0 amide bonds. The Bertz CT molecular complexity index is 814. The van der Waals surface area contributed by atoms with E-state index in [0.717, 1.165) is 0 Å². The highest BCUT2D eigenvalue weighted by molar-refractivity contribution is 6.00. The van der Waals surface area contributed by atoms with E-state index >= 15 is 0 Å². The number of benzene rings is 1. The first-order valence-electron chi connectivity index (χ1n) is 5.34. The van der Waals surface area contributed by atoms with Crippen LogP contribution in [0.1, 0.15) is 10.4 Å². The van der Waals surface area contributed by atoms with E-state index in [4.69, 9.17) is 9.52 Å². The van der Waals surface area contributed by atoms with Crippen molar-refractivity contribution >= 4 is 17.1 Å². The topological polar surface area (TPSA) is 109 Å². The van der Waals surface area contributed by atoms with Gasteiger partial charge in [-0.15, -0.1) is 0 Å². The molecule has 3 aromatic rings. The molecule has 0 aliphatic heterocycles. The Kier molecular flexibility index (Phi) is 2.38. The molecule has 2 aromatic heterocycles. The van der Waals surface area contributed by atoms with Gasteiger partial charge in [-0.05, 0) is 18.2 Å². The lowest BCUT2D eigenvalue weighted by Gasteiger charge is -1.93. The summed E-state index contributed by atoms with van der Waals surface area (Å²) in [6.07, 6.45) is 0. The van der Waals surface area contributed by atoms with E-state index in [-0.39, 0.29) is 22.6 Å². The lowest BCUT2D eigenvalue weighted by molar-refractivity contribution is 0.0698. The monoisotopic (exact) mass is 257 g/mol. The molecule has 94 valence electrons. The first-order chi connectivity index (χ1) is 9.15. The number of aromatic nitrogens is 3. The van der Waals surface area contributed by atoms with Gasteiger partial charge in [0, 0.05) is 6.07 Å². The number of oxazole rings is 1. The number of nitrogens with zero attached hydrogens (tertiary/aromatic N) is 2. The predicted octanol–water partition coefficient (Wildman–Crippen LogP) is 1.28. The van der Waals surface area contributed by atoms with Crippen LogP contribution in [0.5, 0.6) is 0 Å². The zero-order valence-electron chi connectivity index (χ0n) is 9.45. The van der Waals surface area contributed by atoms with E-state index in [1.54, 1.807) is 12.1 Å². The Labute approximate surface area is 105 Å². The number of carboxylic acids is 1. The van der Waals surface area contributed by atoms with Crippen molar-refractivity contribution in [1.82, 2.24) is 15.2 Å². The number of rotatable bonds is 2. The molecular formula is C12H7N3O4. The molecule has 2 N–H and O–H groups in total. The SMILES string of the molecule is O=C(O)c1cccc2nc(-c3ccc(=O)[nH]n3)oc12. The van der Waals surface area contributed by atoms with Gasteiger partial charge in [0.2, 0.25) is 5.89 Å². The number of carboxylic acid groups (broad SMARTS) is 1. The minimum absolute atomic E-state index is 0.0284. The number of hydrogen-bond donors (Lipinski definition) is 2. The molecule has 7 nitrogen and oxygen atoms in total. The van der Waals surface area contributed by atoms with E-state index in [1.807, 2.05) is 0 Å². The van der Waals surface area contributed by atoms with Crippen molar-refractivity contribution in [2.24, 2.45) is 0 Å². The van der Waals surface area contributed by atoms with Crippen molar-refractivity contribution in [3.63, 3.8) is 0 Å². The van der Waals surface area contributed by atoms with Gasteiger partial charge in [0.25, 0.3) is 5.56 Å². The highest BCUT2D eigenvalue weighted by atomic mass is 16.4. The predicted molar refractivity (Wildman–Crippen MR) is 64.8 cm³/mol. The summed E-state index contributed by atoms with van der Waals surface area (Å²) in [5, 5.41) is 15.1. The van der Waals surface area contributed by atoms with Crippen molar-refractivity contribution in [1.29, 1.82) is 0 Å². The second-order valence-electron chi connectivity index (χ2n) is 3.78. The summed E-state index contributed by atoms with van der Waals surface area (Å²) in [5.41, 5.74) is 0.611. The molecule has 0 atom stereocenters. The summed E-state index contributed by atoms with van der Waals surface area (Å²) < 4.78 is 5.41. The summed E-state index contributed by atoms with van der Waals surface area (Å²) in [7, 11) is 0. The average molecular weight is 257 g/mol. The van der Waals surface area contributed by atoms with Crippen LogP contribution in [0, 0.1) is 0 Å². The van der Waals surface area contributed by atoms with Gasteiger partial charge in [-0.3, -0.25) is 4.79 Å². The summed E-state index contributed by atoms with van der Waals surface area (Å²) in [5.74, 6) is -0.942. The lowest BCUT2D eigenvalue weighted by Crippen LogP contribution is -2.05. The van der Waals surface area contributed by atoms with Crippen LogP contribution < -0.4 is 5.56 Å². The fourth-order valence-corrected chi connectivity index (χ4v) is 1.69. The average Bonchev–Trinajstić information content (AvgIpc) is 2.82.